The van der Waals surface area contributed by atoms with Crippen molar-refractivity contribution in [2.45, 2.75) is 19.3 Å². The van der Waals surface area contributed by atoms with Gasteiger partial charge in [0.15, 0.2) is 17.0 Å². The zero-order valence-corrected chi connectivity index (χ0v) is 17.0. The van der Waals surface area contributed by atoms with Crippen molar-refractivity contribution in [3.8, 4) is 11.5 Å². The zero-order chi connectivity index (χ0) is 23.2. The molecule has 0 radical (unpaired) electrons. The van der Waals surface area contributed by atoms with Crippen LogP contribution in [0.2, 0.25) is 0 Å². The van der Waals surface area contributed by atoms with Crippen LogP contribution in [0.1, 0.15) is 16.7 Å². The van der Waals surface area contributed by atoms with Gasteiger partial charge in [-0.2, -0.15) is 13.2 Å². The maximum atomic E-state index is 13.3. The molecule has 10 heteroatoms. The summed E-state index contributed by atoms with van der Waals surface area (Å²) in [5.41, 5.74) is -0.880. The number of halogens is 3. The molecule has 0 unspecified atom stereocenters. The molecule has 0 fully saturated rings. The van der Waals surface area contributed by atoms with Crippen molar-refractivity contribution in [1.29, 1.82) is 0 Å². The number of ether oxygens (including phenoxy) is 2. The van der Waals surface area contributed by atoms with Gasteiger partial charge in [-0.25, -0.2) is 9.78 Å². The van der Waals surface area contributed by atoms with Crippen molar-refractivity contribution in [1.82, 2.24) is 14.1 Å². The minimum absolute atomic E-state index is 0.0461. The van der Waals surface area contributed by atoms with Crippen LogP contribution in [0, 0.1) is 0 Å². The fourth-order valence-electron chi connectivity index (χ4n) is 3.79. The van der Waals surface area contributed by atoms with E-state index in [1.165, 1.54) is 22.9 Å². The highest BCUT2D eigenvalue weighted by atomic mass is 19.4. The lowest BCUT2D eigenvalue weighted by Crippen LogP contribution is -2.40. The predicted octanol–water partition coefficient (Wildman–Crippen LogP) is 3.40. The lowest BCUT2D eigenvalue weighted by Gasteiger charge is -2.15. The summed E-state index contributed by atoms with van der Waals surface area (Å²) in [7, 11) is 0. The van der Waals surface area contributed by atoms with Gasteiger partial charge in [0.1, 0.15) is 0 Å². The van der Waals surface area contributed by atoms with E-state index in [9.17, 15) is 22.8 Å². The summed E-state index contributed by atoms with van der Waals surface area (Å²) < 4.78 is 52.4. The second-order valence-corrected chi connectivity index (χ2v) is 7.52. The third-order valence-electron chi connectivity index (χ3n) is 5.36. The molecule has 7 nitrogen and oxygen atoms in total. The number of alkyl halides is 3. The number of fused-ring (bicyclic) bond motifs is 2. The molecule has 0 spiro atoms. The van der Waals surface area contributed by atoms with Crippen LogP contribution in [0.4, 0.5) is 13.2 Å². The van der Waals surface area contributed by atoms with E-state index < -0.39 is 23.0 Å². The van der Waals surface area contributed by atoms with Gasteiger partial charge in [0.25, 0.3) is 5.56 Å². The molecule has 0 atom stereocenters. The first kappa shape index (κ1) is 20.8. The first-order valence-electron chi connectivity index (χ1n) is 9.94. The van der Waals surface area contributed by atoms with Crippen LogP contribution >= 0.6 is 0 Å². The Morgan fingerprint density at radius 3 is 2.45 bits per heavy atom. The number of benzene rings is 2. The quantitative estimate of drug-likeness (QED) is 0.472. The molecule has 0 bridgehead atoms. The molecule has 0 saturated heterocycles. The summed E-state index contributed by atoms with van der Waals surface area (Å²) in [4.78, 5) is 30.5. The van der Waals surface area contributed by atoms with Gasteiger partial charge in [0.2, 0.25) is 6.79 Å². The highest BCUT2D eigenvalue weighted by molar-refractivity contribution is 5.73. The summed E-state index contributed by atoms with van der Waals surface area (Å²) >= 11 is 0. The monoisotopic (exact) mass is 455 g/mol. The summed E-state index contributed by atoms with van der Waals surface area (Å²) in [5, 5.41) is 0. The summed E-state index contributed by atoms with van der Waals surface area (Å²) in [6.07, 6.45) is -3.09. The normalized spacial score (nSPS) is 12.9. The first-order chi connectivity index (χ1) is 15.8. The van der Waals surface area contributed by atoms with Gasteiger partial charge in [-0.15, -0.1) is 0 Å². The molecule has 0 amide bonds. The number of aromatic nitrogens is 3. The van der Waals surface area contributed by atoms with Crippen LogP contribution in [0.15, 0.2) is 70.4 Å². The maximum Gasteiger partial charge on any atom is 0.416 e. The van der Waals surface area contributed by atoms with E-state index in [-0.39, 0.29) is 36.5 Å². The molecule has 3 heterocycles. The lowest BCUT2D eigenvalue weighted by atomic mass is 10.1. The number of pyridine rings is 1. The molecule has 168 valence electrons. The van der Waals surface area contributed by atoms with Crippen LogP contribution in [-0.4, -0.2) is 20.9 Å². The fraction of sp³-hybridized carbons (Fsp3) is 0.174. The van der Waals surface area contributed by atoms with Crippen molar-refractivity contribution < 1.29 is 22.6 Å². The van der Waals surface area contributed by atoms with E-state index in [4.69, 9.17) is 9.47 Å². The first-order valence-corrected chi connectivity index (χ1v) is 9.94. The highest BCUT2D eigenvalue weighted by Gasteiger charge is 2.30. The van der Waals surface area contributed by atoms with Crippen LogP contribution in [0.25, 0.3) is 11.0 Å². The molecule has 2 aromatic heterocycles. The van der Waals surface area contributed by atoms with Gasteiger partial charge in [-0.05, 0) is 47.5 Å². The molecule has 0 N–H and O–H groups in total. The summed E-state index contributed by atoms with van der Waals surface area (Å²) in [5.74, 6) is 1.07. The van der Waals surface area contributed by atoms with E-state index in [1.807, 2.05) is 0 Å². The number of hydrogen-bond donors (Lipinski definition) is 0. The van der Waals surface area contributed by atoms with Gasteiger partial charge in [-0.3, -0.25) is 13.9 Å². The number of hydrogen-bond acceptors (Lipinski definition) is 5. The Hall–Kier alpha value is -4.08. The molecule has 0 aliphatic carbocycles. The third kappa shape index (κ3) is 3.84. The van der Waals surface area contributed by atoms with Crippen molar-refractivity contribution in [2.75, 3.05) is 6.79 Å². The molecular formula is C23H16F3N3O4. The molecule has 5 rings (SSSR count). The number of nitrogens with zero attached hydrogens (tertiary/aromatic N) is 3. The van der Waals surface area contributed by atoms with Gasteiger partial charge in [0.05, 0.1) is 24.2 Å². The van der Waals surface area contributed by atoms with Crippen LogP contribution in [0.3, 0.4) is 0 Å². The smallest absolute Gasteiger partial charge is 0.416 e. The Balaban J connectivity index is 1.62. The average molecular weight is 455 g/mol. The molecule has 4 aromatic rings. The predicted molar refractivity (Wildman–Crippen MR) is 112 cm³/mol. The van der Waals surface area contributed by atoms with Crippen LogP contribution < -0.4 is 20.7 Å². The van der Waals surface area contributed by atoms with Crippen molar-refractivity contribution in [3.05, 3.63) is 98.3 Å². The SMILES string of the molecule is O=c1c2ncccc2n(Cc2cccc(C(F)(F)F)c2)c(=O)n1Cc1ccc2c(c1)OCO2. The number of rotatable bonds is 4. The van der Waals surface area contributed by atoms with Gasteiger partial charge in [0, 0.05) is 6.20 Å². The Kier molecular flexibility index (Phi) is 4.92. The standard InChI is InChI=1S/C23H16F3N3O4/c24-23(25,26)16-4-1-3-14(9-16)11-28-17-5-2-8-27-20(17)21(30)29(22(28)31)12-15-6-7-18-19(10-15)33-13-32-18/h1-10H,11-13H2. The Labute approximate surface area is 184 Å². The maximum absolute atomic E-state index is 13.3. The summed E-state index contributed by atoms with van der Waals surface area (Å²) in [6, 6.07) is 12.9. The summed E-state index contributed by atoms with van der Waals surface area (Å²) in [6.45, 7) is -0.141. The van der Waals surface area contributed by atoms with Crippen LogP contribution in [0.5, 0.6) is 11.5 Å². The topological polar surface area (TPSA) is 75.4 Å². The van der Waals surface area contributed by atoms with Gasteiger partial charge < -0.3 is 9.47 Å². The average Bonchev–Trinajstić information content (AvgIpc) is 3.27. The fourth-order valence-corrected chi connectivity index (χ4v) is 3.79. The molecule has 0 saturated carbocycles. The molecular weight excluding hydrogens is 439 g/mol. The van der Waals surface area contributed by atoms with E-state index in [0.717, 1.165) is 16.7 Å². The Morgan fingerprint density at radius 2 is 1.64 bits per heavy atom. The zero-order valence-electron chi connectivity index (χ0n) is 17.0. The van der Waals surface area contributed by atoms with Gasteiger partial charge >= 0.3 is 11.9 Å². The molecule has 1 aliphatic rings. The molecule has 33 heavy (non-hydrogen) atoms. The van der Waals surface area contributed by atoms with E-state index >= 15 is 0 Å². The lowest BCUT2D eigenvalue weighted by molar-refractivity contribution is -0.137. The third-order valence-corrected chi connectivity index (χ3v) is 5.36. The Morgan fingerprint density at radius 1 is 0.879 bits per heavy atom. The van der Waals surface area contributed by atoms with Crippen LogP contribution in [-0.2, 0) is 19.3 Å². The largest absolute Gasteiger partial charge is 0.454 e. The Bertz CT molecular complexity index is 1490. The molecule has 2 aromatic carbocycles. The molecule has 1 aliphatic heterocycles. The van der Waals surface area contributed by atoms with Crippen molar-refractivity contribution in [2.24, 2.45) is 0 Å². The van der Waals surface area contributed by atoms with E-state index in [2.05, 4.69) is 4.98 Å². The second-order valence-electron chi connectivity index (χ2n) is 7.52. The highest BCUT2D eigenvalue weighted by Crippen LogP contribution is 2.32. The minimum atomic E-state index is -4.51. The minimum Gasteiger partial charge on any atom is -0.454 e. The van der Waals surface area contributed by atoms with Crippen molar-refractivity contribution in [3.63, 3.8) is 0 Å². The second kappa shape index (κ2) is 7.80. The van der Waals surface area contributed by atoms with Crippen molar-refractivity contribution >= 4 is 11.0 Å². The van der Waals surface area contributed by atoms with Gasteiger partial charge in [-0.1, -0.05) is 18.2 Å². The van der Waals surface area contributed by atoms with E-state index in [1.54, 1.807) is 30.3 Å². The van der Waals surface area contributed by atoms with E-state index in [0.29, 0.717) is 17.1 Å².